The third-order valence-corrected chi connectivity index (χ3v) is 14.7. The van der Waals surface area contributed by atoms with Crippen molar-refractivity contribution in [3.05, 3.63) is 0 Å². The van der Waals surface area contributed by atoms with Crippen LogP contribution in [0.5, 0.6) is 0 Å². The standard InChI is InChI=1S/C36H76P.BrH/c1-8-15-19-20-21-22-23-24-25-26-30-37(31-34(12-5)27-16-9-2,32-35(13-6)28-17-10-3)33-36(14-7)29-18-11-4;/h34-36H,8-33H2,1-7H3;1H/q+1;/p-1. The van der Waals surface area contributed by atoms with Crippen LogP contribution in [0.1, 0.15) is 190 Å². The molecule has 0 saturated carbocycles. The summed E-state index contributed by atoms with van der Waals surface area (Å²) in [6.07, 6.45) is 38.6. The van der Waals surface area contributed by atoms with Gasteiger partial charge in [0.05, 0.1) is 24.6 Å². The Morgan fingerprint density at radius 3 is 0.947 bits per heavy atom. The van der Waals surface area contributed by atoms with Crippen LogP contribution in [0.15, 0.2) is 0 Å². The molecule has 3 unspecified atom stereocenters. The Hall–Kier alpha value is 0.910. The zero-order chi connectivity index (χ0) is 27.6. The van der Waals surface area contributed by atoms with Gasteiger partial charge in [-0.3, -0.25) is 0 Å². The minimum atomic E-state index is -0.909. The summed E-state index contributed by atoms with van der Waals surface area (Å²) in [5.74, 6) is 3.01. The molecule has 0 nitrogen and oxygen atoms in total. The first-order valence-electron chi connectivity index (χ1n) is 17.9. The lowest BCUT2D eigenvalue weighted by Gasteiger charge is -2.36. The molecule has 0 aliphatic carbocycles. The van der Waals surface area contributed by atoms with Crippen LogP contribution in [-0.4, -0.2) is 24.6 Å². The second-order valence-corrected chi connectivity index (χ2v) is 17.3. The number of unbranched alkanes of at least 4 members (excludes halogenated alkanes) is 12. The predicted molar refractivity (Wildman–Crippen MR) is 178 cm³/mol. The van der Waals surface area contributed by atoms with Crippen molar-refractivity contribution in [2.45, 2.75) is 190 Å². The highest BCUT2D eigenvalue weighted by Crippen LogP contribution is 2.64. The zero-order valence-electron chi connectivity index (χ0n) is 27.9. The molecular weight excluding hydrogens is 543 g/mol. The third kappa shape index (κ3) is 21.6. The van der Waals surface area contributed by atoms with Crippen LogP contribution in [0.2, 0.25) is 0 Å². The fraction of sp³-hybridized carbons (Fsp3) is 1.00. The van der Waals surface area contributed by atoms with Crippen molar-refractivity contribution >= 4 is 7.26 Å². The van der Waals surface area contributed by atoms with Gasteiger partial charge in [-0.05, 0) is 69.1 Å². The molecule has 38 heavy (non-hydrogen) atoms. The molecule has 0 rings (SSSR count). The monoisotopic (exact) mass is 618 g/mol. The molecule has 0 heterocycles. The SMILES string of the molecule is CCCCCCCCCCCC[P+](CC(CC)CCCC)(CC(CC)CCCC)CC(CC)CCCC.[Br-]. The molecule has 0 fully saturated rings. The number of hydrogen-bond acceptors (Lipinski definition) is 0. The van der Waals surface area contributed by atoms with Crippen molar-refractivity contribution in [1.82, 2.24) is 0 Å². The highest BCUT2D eigenvalue weighted by molar-refractivity contribution is 7.75. The molecule has 0 radical (unpaired) electrons. The van der Waals surface area contributed by atoms with E-state index in [2.05, 4.69) is 48.5 Å². The molecule has 0 aromatic carbocycles. The van der Waals surface area contributed by atoms with Crippen LogP contribution in [0.4, 0.5) is 0 Å². The van der Waals surface area contributed by atoms with E-state index >= 15 is 0 Å². The van der Waals surface area contributed by atoms with Gasteiger partial charge >= 0.3 is 0 Å². The maximum atomic E-state index is 2.51. The summed E-state index contributed by atoms with van der Waals surface area (Å²) in [6, 6.07) is 0. The molecule has 0 N–H and O–H groups in total. The molecule has 2 heteroatoms. The molecule has 232 valence electrons. The van der Waals surface area contributed by atoms with Crippen molar-refractivity contribution < 1.29 is 17.0 Å². The molecule has 0 aliphatic rings. The lowest BCUT2D eigenvalue weighted by Crippen LogP contribution is -3.00. The highest BCUT2D eigenvalue weighted by Gasteiger charge is 2.42. The molecule has 0 saturated heterocycles. The van der Waals surface area contributed by atoms with Crippen LogP contribution >= 0.6 is 7.26 Å². The fourth-order valence-corrected chi connectivity index (χ4v) is 13.3. The first kappa shape index (κ1) is 41.0. The second-order valence-electron chi connectivity index (χ2n) is 13.0. The molecule has 0 aliphatic heterocycles. The van der Waals surface area contributed by atoms with Gasteiger partial charge in [-0.15, -0.1) is 0 Å². The fourth-order valence-electron chi connectivity index (χ4n) is 6.83. The van der Waals surface area contributed by atoms with E-state index in [1.54, 1.807) is 31.1 Å². The van der Waals surface area contributed by atoms with E-state index in [0.717, 1.165) is 17.8 Å². The maximum Gasteiger partial charge on any atom is 0.0622 e. The molecule has 0 aromatic rings. The van der Waals surface area contributed by atoms with E-state index in [1.807, 2.05) is 0 Å². The lowest BCUT2D eigenvalue weighted by atomic mass is 10.0. The second kappa shape index (κ2) is 29.4. The number of halogens is 1. The molecule has 0 amide bonds. The summed E-state index contributed by atoms with van der Waals surface area (Å²) >= 11 is 0. The molecule has 3 atom stereocenters. The van der Waals surface area contributed by atoms with E-state index in [9.17, 15) is 0 Å². The summed E-state index contributed by atoms with van der Waals surface area (Å²) in [7, 11) is -0.909. The molecule has 0 spiro atoms. The smallest absolute Gasteiger partial charge is 0.0622 e. The van der Waals surface area contributed by atoms with Gasteiger partial charge < -0.3 is 17.0 Å². The Morgan fingerprint density at radius 1 is 0.368 bits per heavy atom. The summed E-state index contributed by atoms with van der Waals surface area (Å²) in [6.45, 7) is 17.1. The van der Waals surface area contributed by atoms with Gasteiger partial charge in [-0.25, -0.2) is 0 Å². The topological polar surface area (TPSA) is 0 Å². The minimum absolute atomic E-state index is 0. The van der Waals surface area contributed by atoms with Gasteiger partial charge in [-0.1, -0.05) is 138 Å². The summed E-state index contributed by atoms with van der Waals surface area (Å²) < 4.78 is 0. The van der Waals surface area contributed by atoms with Crippen LogP contribution in [0.25, 0.3) is 0 Å². The highest BCUT2D eigenvalue weighted by atomic mass is 79.9. The van der Waals surface area contributed by atoms with Gasteiger partial charge in [0.15, 0.2) is 0 Å². The molecular formula is C36H76BrP. The average molecular weight is 620 g/mol. The Kier molecular flexibility index (Phi) is 31.8. The van der Waals surface area contributed by atoms with Gasteiger partial charge in [0.2, 0.25) is 0 Å². The van der Waals surface area contributed by atoms with Gasteiger partial charge in [0.1, 0.15) is 0 Å². The third-order valence-electron chi connectivity index (χ3n) is 9.55. The van der Waals surface area contributed by atoms with Crippen LogP contribution in [0, 0.1) is 17.8 Å². The summed E-state index contributed by atoms with van der Waals surface area (Å²) in [4.78, 5) is 0. The van der Waals surface area contributed by atoms with Gasteiger partial charge in [0.25, 0.3) is 0 Å². The molecule has 0 aromatic heterocycles. The van der Waals surface area contributed by atoms with Crippen LogP contribution in [-0.2, 0) is 0 Å². The van der Waals surface area contributed by atoms with E-state index in [-0.39, 0.29) is 17.0 Å². The first-order chi connectivity index (χ1) is 18.0. The van der Waals surface area contributed by atoms with Crippen LogP contribution in [0.3, 0.4) is 0 Å². The quantitative estimate of drug-likeness (QED) is 0.0577. The number of rotatable bonds is 29. The minimum Gasteiger partial charge on any atom is -1.00 e. The maximum absolute atomic E-state index is 2.51. The van der Waals surface area contributed by atoms with Crippen molar-refractivity contribution in [3.63, 3.8) is 0 Å². The normalized spacial score (nSPS) is 15.6. The Morgan fingerprint density at radius 2 is 0.658 bits per heavy atom. The predicted octanol–water partition coefficient (Wildman–Crippen LogP) is 10.6. The summed E-state index contributed by atoms with van der Waals surface area (Å²) in [5, 5.41) is 0. The summed E-state index contributed by atoms with van der Waals surface area (Å²) in [5.41, 5.74) is 0. The van der Waals surface area contributed by atoms with Gasteiger partial charge in [-0.2, -0.15) is 0 Å². The Bertz CT molecular complexity index is 405. The van der Waals surface area contributed by atoms with Crippen molar-refractivity contribution in [1.29, 1.82) is 0 Å². The van der Waals surface area contributed by atoms with Gasteiger partial charge in [0, 0.05) is 7.26 Å². The Labute approximate surface area is 255 Å². The van der Waals surface area contributed by atoms with E-state index in [0.29, 0.717) is 0 Å². The average Bonchev–Trinajstić information content (AvgIpc) is 2.92. The largest absolute Gasteiger partial charge is 1.00 e. The lowest BCUT2D eigenvalue weighted by molar-refractivity contribution is -0.00000864. The van der Waals surface area contributed by atoms with E-state index < -0.39 is 7.26 Å². The van der Waals surface area contributed by atoms with E-state index in [4.69, 9.17) is 0 Å². The van der Waals surface area contributed by atoms with Crippen molar-refractivity contribution in [2.24, 2.45) is 17.8 Å². The first-order valence-corrected chi connectivity index (χ1v) is 20.4. The van der Waals surface area contributed by atoms with E-state index in [1.165, 1.54) is 135 Å². The van der Waals surface area contributed by atoms with Crippen molar-refractivity contribution in [2.75, 3.05) is 24.6 Å². The van der Waals surface area contributed by atoms with Crippen LogP contribution < -0.4 is 17.0 Å². The Balaban J connectivity index is 0. The van der Waals surface area contributed by atoms with Crippen molar-refractivity contribution in [3.8, 4) is 0 Å². The zero-order valence-corrected chi connectivity index (χ0v) is 30.4. The molecule has 0 bridgehead atoms. The number of hydrogen-bond donors (Lipinski definition) is 0.